The molecule has 0 N–H and O–H groups in total. The van der Waals surface area contributed by atoms with E-state index >= 15 is 0 Å². The van der Waals surface area contributed by atoms with Crippen LogP contribution >= 0.6 is 0 Å². The topological polar surface area (TPSA) is 3.24 Å². The number of anilines is 3. The maximum atomic E-state index is 2.60. The van der Waals surface area contributed by atoms with Crippen molar-refractivity contribution in [2.75, 3.05) is 4.90 Å². The first-order valence-electron chi connectivity index (χ1n) is 25.0. The molecule has 0 radical (unpaired) electrons. The standard InChI is InChI=1S/C70H47N/c1-69(2)62-31-14-10-27-55(62)57-29-18-30-58(68(57)69)61-42-60-56-28-13-17-34-65(56)70(63-32-15-11-25-53(63)54-26-12-16-33-64(54)70)66(60)43-67(61)71(46-37-35-45(36-38-46)44-19-4-3-5-20-44)47-39-40-52-50-23-7-6-21-48(50)49-22-8-9-24-51(49)59(52)41-47/h3-43H,1-2H3. The minimum atomic E-state index is -0.526. The Balaban J connectivity index is 1.09. The van der Waals surface area contributed by atoms with E-state index in [9.17, 15) is 0 Å². The molecule has 3 aliphatic rings. The zero-order chi connectivity index (χ0) is 47.0. The highest BCUT2D eigenvalue weighted by Gasteiger charge is 2.52. The van der Waals surface area contributed by atoms with E-state index in [-0.39, 0.29) is 5.41 Å². The van der Waals surface area contributed by atoms with Gasteiger partial charge in [-0.15, -0.1) is 0 Å². The van der Waals surface area contributed by atoms with Crippen LogP contribution in [0.15, 0.2) is 249 Å². The first-order valence-corrected chi connectivity index (χ1v) is 25.0. The first-order chi connectivity index (χ1) is 35.0. The Morgan fingerprint density at radius 1 is 0.268 bits per heavy atom. The van der Waals surface area contributed by atoms with Crippen LogP contribution in [0.3, 0.4) is 0 Å². The molecule has 0 atom stereocenters. The molecule has 0 aliphatic heterocycles. The molecule has 1 nitrogen and oxygen atoms in total. The molecule has 0 unspecified atom stereocenters. The van der Waals surface area contributed by atoms with Gasteiger partial charge in [0.15, 0.2) is 0 Å². The minimum Gasteiger partial charge on any atom is -0.310 e. The summed E-state index contributed by atoms with van der Waals surface area (Å²) < 4.78 is 0. The van der Waals surface area contributed by atoms with Crippen LogP contribution < -0.4 is 4.90 Å². The monoisotopic (exact) mass is 901 g/mol. The van der Waals surface area contributed by atoms with Crippen LogP contribution in [0, 0.1) is 0 Å². The van der Waals surface area contributed by atoms with Crippen molar-refractivity contribution < 1.29 is 0 Å². The van der Waals surface area contributed by atoms with E-state index in [1.807, 2.05) is 0 Å². The molecule has 71 heavy (non-hydrogen) atoms. The first kappa shape index (κ1) is 40.1. The predicted molar refractivity (Wildman–Crippen MR) is 298 cm³/mol. The number of fused-ring (bicyclic) bond motifs is 19. The molecular formula is C70H47N. The molecule has 0 heterocycles. The van der Waals surface area contributed by atoms with E-state index in [1.165, 1.54) is 121 Å². The Kier molecular flexibility index (Phi) is 8.40. The van der Waals surface area contributed by atoms with E-state index in [0.29, 0.717) is 0 Å². The van der Waals surface area contributed by atoms with Crippen LogP contribution in [0.1, 0.15) is 47.2 Å². The summed E-state index contributed by atoms with van der Waals surface area (Å²) in [7, 11) is 0. The van der Waals surface area contributed by atoms with Gasteiger partial charge in [0.1, 0.15) is 0 Å². The second-order valence-electron chi connectivity index (χ2n) is 20.3. The van der Waals surface area contributed by atoms with Gasteiger partial charge in [0, 0.05) is 22.4 Å². The number of hydrogen-bond donors (Lipinski definition) is 0. The van der Waals surface area contributed by atoms with Gasteiger partial charge in [-0.3, -0.25) is 0 Å². The molecule has 3 aliphatic carbocycles. The summed E-state index contributed by atoms with van der Waals surface area (Å²) in [6.07, 6.45) is 0. The van der Waals surface area contributed by atoms with E-state index in [0.717, 1.165) is 17.1 Å². The van der Waals surface area contributed by atoms with Crippen molar-refractivity contribution >= 4 is 49.4 Å². The van der Waals surface area contributed by atoms with Crippen LogP contribution in [-0.4, -0.2) is 0 Å². The van der Waals surface area contributed by atoms with Crippen molar-refractivity contribution in [2.45, 2.75) is 24.7 Å². The largest absolute Gasteiger partial charge is 0.310 e. The van der Waals surface area contributed by atoms with Gasteiger partial charge in [0.2, 0.25) is 0 Å². The van der Waals surface area contributed by atoms with Gasteiger partial charge in [-0.25, -0.2) is 0 Å². The third-order valence-electron chi connectivity index (χ3n) is 16.4. The molecular weight excluding hydrogens is 855 g/mol. The van der Waals surface area contributed by atoms with Crippen LogP contribution in [-0.2, 0) is 10.8 Å². The number of rotatable bonds is 5. The number of nitrogens with zero attached hydrogens (tertiary/aromatic N) is 1. The summed E-state index contributed by atoms with van der Waals surface area (Å²) in [4.78, 5) is 2.58. The summed E-state index contributed by atoms with van der Waals surface area (Å²) in [6.45, 7) is 4.84. The van der Waals surface area contributed by atoms with Gasteiger partial charge in [0.25, 0.3) is 0 Å². The van der Waals surface area contributed by atoms with Gasteiger partial charge >= 0.3 is 0 Å². The van der Waals surface area contributed by atoms with Crippen molar-refractivity contribution in [2.24, 2.45) is 0 Å². The third kappa shape index (κ3) is 5.46. The smallest absolute Gasteiger partial charge is 0.0726 e. The summed E-state index contributed by atoms with van der Waals surface area (Å²) >= 11 is 0. The fraction of sp³-hybridized carbons (Fsp3) is 0.0571. The maximum absolute atomic E-state index is 2.60. The Bertz CT molecular complexity index is 4110. The predicted octanol–water partition coefficient (Wildman–Crippen LogP) is 18.6. The molecule has 1 heteroatoms. The van der Waals surface area contributed by atoms with Crippen molar-refractivity contribution in [3.8, 4) is 55.6 Å². The van der Waals surface area contributed by atoms with Gasteiger partial charge in [0.05, 0.1) is 11.1 Å². The van der Waals surface area contributed by atoms with Crippen LogP contribution in [0.25, 0.3) is 88.0 Å². The highest BCUT2D eigenvalue weighted by Crippen LogP contribution is 2.65. The molecule has 12 aromatic carbocycles. The fourth-order valence-corrected chi connectivity index (χ4v) is 13.5. The van der Waals surface area contributed by atoms with E-state index < -0.39 is 5.41 Å². The molecule has 12 aromatic rings. The van der Waals surface area contributed by atoms with E-state index in [1.54, 1.807) is 0 Å². The highest BCUT2D eigenvalue weighted by molar-refractivity contribution is 6.26. The molecule has 332 valence electrons. The lowest BCUT2D eigenvalue weighted by Crippen LogP contribution is -2.26. The minimum absolute atomic E-state index is 0.244. The normalized spacial score (nSPS) is 14.0. The Morgan fingerprint density at radius 3 is 1.28 bits per heavy atom. The van der Waals surface area contributed by atoms with Crippen molar-refractivity contribution in [3.63, 3.8) is 0 Å². The molecule has 0 bridgehead atoms. The maximum Gasteiger partial charge on any atom is 0.0726 e. The van der Waals surface area contributed by atoms with Gasteiger partial charge < -0.3 is 4.90 Å². The lowest BCUT2D eigenvalue weighted by Gasteiger charge is -2.34. The van der Waals surface area contributed by atoms with Gasteiger partial charge in [-0.05, 0) is 152 Å². The Labute approximate surface area is 414 Å². The fourth-order valence-electron chi connectivity index (χ4n) is 13.5. The van der Waals surface area contributed by atoms with Gasteiger partial charge in [-0.1, -0.05) is 226 Å². The van der Waals surface area contributed by atoms with E-state index in [4.69, 9.17) is 0 Å². The molecule has 15 rings (SSSR count). The van der Waals surface area contributed by atoms with Gasteiger partial charge in [-0.2, -0.15) is 0 Å². The summed E-state index contributed by atoms with van der Waals surface area (Å²) in [5.41, 5.74) is 23.3. The molecule has 1 spiro atoms. The summed E-state index contributed by atoms with van der Waals surface area (Å²) in [5, 5.41) is 7.57. The zero-order valence-electron chi connectivity index (χ0n) is 39.6. The second kappa shape index (κ2) is 14.9. The van der Waals surface area contributed by atoms with Crippen molar-refractivity contribution in [1.29, 1.82) is 0 Å². The molecule has 0 fully saturated rings. The SMILES string of the molecule is CC1(C)c2ccccc2-c2cccc(-c3cc4c(cc3N(c3ccc(-c5ccccc5)cc3)c3ccc5c6ccccc6c6ccccc6c5c3)C3(c5ccccc5-c5ccccc53)c3ccccc3-4)c21. The van der Waals surface area contributed by atoms with Crippen molar-refractivity contribution in [1.82, 2.24) is 0 Å². The quantitative estimate of drug-likeness (QED) is 0.156. The molecule has 0 aromatic heterocycles. The highest BCUT2D eigenvalue weighted by atomic mass is 15.1. The van der Waals surface area contributed by atoms with Crippen LogP contribution in [0.4, 0.5) is 17.1 Å². The lowest BCUT2D eigenvalue weighted by molar-refractivity contribution is 0.662. The lowest BCUT2D eigenvalue weighted by atomic mass is 9.70. The molecule has 0 amide bonds. The number of benzene rings is 12. The second-order valence-corrected chi connectivity index (χ2v) is 20.3. The van der Waals surface area contributed by atoms with Crippen molar-refractivity contribution in [3.05, 3.63) is 282 Å². The third-order valence-corrected chi connectivity index (χ3v) is 16.4. The average molecular weight is 902 g/mol. The Morgan fingerprint density at radius 2 is 0.690 bits per heavy atom. The summed E-state index contributed by atoms with van der Waals surface area (Å²) in [5.74, 6) is 0. The van der Waals surface area contributed by atoms with E-state index in [2.05, 4.69) is 267 Å². The number of hydrogen-bond acceptors (Lipinski definition) is 1. The molecule has 0 saturated heterocycles. The average Bonchev–Trinajstić information content (AvgIpc) is 4.00. The zero-order valence-corrected chi connectivity index (χ0v) is 39.6. The summed E-state index contributed by atoms with van der Waals surface area (Å²) in [6, 6.07) is 93.8. The Hall–Kier alpha value is -8.78. The van der Waals surface area contributed by atoms with Crippen LogP contribution in [0.5, 0.6) is 0 Å². The van der Waals surface area contributed by atoms with Crippen LogP contribution in [0.2, 0.25) is 0 Å². The molecule has 0 saturated carbocycles.